The van der Waals surface area contributed by atoms with Crippen molar-refractivity contribution in [1.29, 1.82) is 0 Å². The van der Waals surface area contributed by atoms with Gasteiger partial charge in [0.15, 0.2) is 0 Å². The SMILES string of the molecule is O=C(NC1CCC1)c1ccc(C2CCCN2C(=O)CCc2cnccn2)s1. The largest absolute Gasteiger partial charge is 0.349 e. The summed E-state index contributed by atoms with van der Waals surface area (Å²) in [5.41, 5.74) is 0.840. The average molecular weight is 385 g/mol. The molecule has 1 saturated heterocycles. The standard InChI is InChI=1S/C20H24N4O2S/c25-19(9-6-15-13-21-10-11-22-15)24-12-2-5-16(24)17-7-8-18(27-17)20(26)23-14-3-1-4-14/h7-8,10-11,13-14,16H,1-6,9,12H2,(H,23,26). The minimum Gasteiger partial charge on any atom is -0.349 e. The van der Waals surface area contributed by atoms with Crippen LogP contribution in [0, 0.1) is 0 Å². The lowest BCUT2D eigenvalue weighted by Crippen LogP contribution is -2.39. The molecule has 2 aromatic heterocycles. The van der Waals surface area contributed by atoms with Gasteiger partial charge in [-0.15, -0.1) is 11.3 Å². The predicted molar refractivity (Wildman–Crippen MR) is 103 cm³/mol. The number of aromatic nitrogens is 2. The molecule has 27 heavy (non-hydrogen) atoms. The second-order valence-electron chi connectivity index (χ2n) is 7.25. The van der Waals surface area contributed by atoms with Gasteiger partial charge in [-0.2, -0.15) is 0 Å². The molecule has 2 amide bonds. The van der Waals surface area contributed by atoms with Gasteiger partial charge in [0.2, 0.25) is 5.91 Å². The number of likely N-dealkylation sites (tertiary alicyclic amines) is 1. The van der Waals surface area contributed by atoms with Crippen molar-refractivity contribution in [1.82, 2.24) is 20.2 Å². The molecule has 2 aliphatic rings. The number of rotatable bonds is 6. The first-order chi connectivity index (χ1) is 13.2. The number of nitrogens with one attached hydrogen (secondary N) is 1. The lowest BCUT2D eigenvalue weighted by atomic mass is 9.93. The van der Waals surface area contributed by atoms with Crippen LogP contribution in [0.4, 0.5) is 0 Å². The Balaban J connectivity index is 1.37. The summed E-state index contributed by atoms with van der Waals surface area (Å²) in [5.74, 6) is 0.173. The molecule has 6 nitrogen and oxygen atoms in total. The highest BCUT2D eigenvalue weighted by Crippen LogP contribution is 2.36. The topological polar surface area (TPSA) is 75.2 Å². The van der Waals surface area contributed by atoms with E-state index in [1.165, 1.54) is 17.8 Å². The van der Waals surface area contributed by atoms with E-state index in [-0.39, 0.29) is 17.9 Å². The van der Waals surface area contributed by atoms with Gasteiger partial charge < -0.3 is 10.2 Å². The summed E-state index contributed by atoms with van der Waals surface area (Å²) in [4.78, 5) is 37.2. The summed E-state index contributed by atoms with van der Waals surface area (Å²) in [7, 11) is 0. The first-order valence-electron chi connectivity index (χ1n) is 9.65. The fraction of sp³-hybridized carbons (Fsp3) is 0.500. The third-order valence-electron chi connectivity index (χ3n) is 5.40. The van der Waals surface area contributed by atoms with Gasteiger partial charge in [0.05, 0.1) is 16.6 Å². The van der Waals surface area contributed by atoms with E-state index in [1.54, 1.807) is 18.6 Å². The van der Waals surface area contributed by atoms with Gasteiger partial charge in [0.25, 0.3) is 5.91 Å². The summed E-state index contributed by atoms with van der Waals surface area (Å²) in [5, 5.41) is 3.09. The highest BCUT2D eigenvalue weighted by Gasteiger charge is 2.31. The van der Waals surface area contributed by atoms with E-state index in [9.17, 15) is 9.59 Å². The highest BCUT2D eigenvalue weighted by molar-refractivity contribution is 7.14. The summed E-state index contributed by atoms with van der Waals surface area (Å²) in [6.07, 6.45) is 11.4. The summed E-state index contributed by atoms with van der Waals surface area (Å²) in [6.45, 7) is 0.783. The molecular weight excluding hydrogens is 360 g/mol. The Morgan fingerprint density at radius 1 is 1.19 bits per heavy atom. The third-order valence-corrected chi connectivity index (χ3v) is 6.59. The zero-order valence-electron chi connectivity index (χ0n) is 15.3. The summed E-state index contributed by atoms with van der Waals surface area (Å²) < 4.78 is 0. The second-order valence-corrected chi connectivity index (χ2v) is 8.36. The van der Waals surface area contributed by atoms with Gasteiger partial charge in [-0.1, -0.05) is 0 Å². The number of aryl methyl sites for hydroxylation is 1. The normalized spacial score (nSPS) is 19.7. The van der Waals surface area contributed by atoms with Crippen LogP contribution in [-0.4, -0.2) is 39.3 Å². The molecule has 1 N–H and O–H groups in total. The van der Waals surface area contributed by atoms with Gasteiger partial charge in [0, 0.05) is 42.5 Å². The molecule has 1 aliphatic heterocycles. The van der Waals surface area contributed by atoms with Crippen LogP contribution in [0.2, 0.25) is 0 Å². The lowest BCUT2D eigenvalue weighted by Gasteiger charge is -2.26. The van der Waals surface area contributed by atoms with E-state index in [2.05, 4.69) is 15.3 Å². The van der Waals surface area contributed by atoms with Crippen molar-refractivity contribution >= 4 is 23.2 Å². The minimum absolute atomic E-state index is 0.0227. The van der Waals surface area contributed by atoms with Gasteiger partial charge >= 0.3 is 0 Å². The van der Waals surface area contributed by atoms with Crippen molar-refractivity contribution in [3.05, 3.63) is 46.2 Å². The molecule has 1 aliphatic carbocycles. The summed E-state index contributed by atoms with van der Waals surface area (Å²) >= 11 is 1.52. The van der Waals surface area contributed by atoms with Crippen LogP contribution in [0.5, 0.6) is 0 Å². The molecule has 142 valence electrons. The Morgan fingerprint density at radius 2 is 2.07 bits per heavy atom. The third kappa shape index (κ3) is 4.18. The lowest BCUT2D eigenvalue weighted by molar-refractivity contribution is -0.132. The van der Waals surface area contributed by atoms with Crippen molar-refractivity contribution in [2.45, 2.75) is 57.0 Å². The van der Waals surface area contributed by atoms with E-state index in [4.69, 9.17) is 0 Å². The van der Waals surface area contributed by atoms with Crippen molar-refractivity contribution in [2.24, 2.45) is 0 Å². The average Bonchev–Trinajstić information content (AvgIpc) is 3.32. The predicted octanol–water partition coefficient (Wildman–Crippen LogP) is 3.12. The second kappa shape index (κ2) is 8.17. The molecule has 2 aromatic rings. The Labute approximate surface area is 163 Å². The van der Waals surface area contributed by atoms with E-state index in [0.717, 1.165) is 47.7 Å². The van der Waals surface area contributed by atoms with Crippen LogP contribution in [0.3, 0.4) is 0 Å². The first-order valence-corrected chi connectivity index (χ1v) is 10.5. The Kier molecular flexibility index (Phi) is 5.48. The molecule has 2 fully saturated rings. The van der Waals surface area contributed by atoms with Crippen molar-refractivity contribution in [3.8, 4) is 0 Å². The molecule has 4 rings (SSSR count). The van der Waals surface area contributed by atoms with E-state index >= 15 is 0 Å². The molecule has 0 spiro atoms. The number of amides is 2. The fourth-order valence-electron chi connectivity index (χ4n) is 3.66. The molecular formula is C20H24N4O2S. The molecule has 0 bridgehead atoms. The number of carbonyl (C=O) groups excluding carboxylic acids is 2. The van der Waals surface area contributed by atoms with E-state index in [0.29, 0.717) is 18.9 Å². The van der Waals surface area contributed by atoms with Crippen LogP contribution < -0.4 is 5.32 Å². The van der Waals surface area contributed by atoms with Crippen LogP contribution >= 0.6 is 11.3 Å². The van der Waals surface area contributed by atoms with Gasteiger partial charge in [-0.3, -0.25) is 19.6 Å². The Morgan fingerprint density at radius 3 is 2.81 bits per heavy atom. The zero-order chi connectivity index (χ0) is 18.6. The van der Waals surface area contributed by atoms with Crippen LogP contribution in [0.25, 0.3) is 0 Å². The number of carbonyl (C=O) groups is 2. The molecule has 1 saturated carbocycles. The van der Waals surface area contributed by atoms with Gasteiger partial charge in [0.1, 0.15) is 0 Å². The minimum atomic E-state index is 0.0227. The van der Waals surface area contributed by atoms with Crippen molar-refractivity contribution in [3.63, 3.8) is 0 Å². The number of hydrogen-bond acceptors (Lipinski definition) is 5. The maximum Gasteiger partial charge on any atom is 0.261 e. The maximum atomic E-state index is 12.7. The molecule has 1 unspecified atom stereocenters. The van der Waals surface area contributed by atoms with E-state index < -0.39 is 0 Å². The molecule has 7 heteroatoms. The quantitative estimate of drug-likeness (QED) is 0.830. The van der Waals surface area contributed by atoms with Crippen molar-refractivity contribution < 1.29 is 9.59 Å². The fourth-order valence-corrected chi connectivity index (χ4v) is 4.72. The van der Waals surface area contributed by atoms with Crippen molar-refractivity contribution in [2.75, 3.05) is 6.54 Å². The van der Waals surface area contributed by atoms with Crippen LogP contribution in [0.1, 0.15) is 64.8 Å². The van der Waals surface area contributed by atoms with Gasteiger partial charge in [-0.25, -0.2) is 0 Å². The maximum absolute atomic E-state index is 12.7. The Hall–Kier alpha value is -2.28. The van der Waals surface area contributed by atoms with Gasteiger partial charge in [-0.05, 0) is 50.7 Å². The number of hydrogen-bond donors (Lipinski definition) is 1. The smallest absolute Gasteiger partial charge is 0.261 e. The first kappa shape index (κ1) is 18.1. The van der Waals surface area contributed by atoms with Crippen LogP contribution in [0.15, 0.2) is 30.7 Å². The monoisotopic (exact) mass is 384 g/mol. The number of thiophene rings is 1. The summed E-state index contributed by atoms with van der Waals surface area (Å²) in [6, 6.07) is 4.34. The van der Waals surface area contributed by atoms with Crippen LogP contribution in [-0.2, 0) is 11.2 Å². The van der Waals surface area contributed by atoms with E-state index in [1.807, 2.05) is 17.0 Å². The highest BCUT2D eigenvalue weighted by atomic mass is 32.1. The zero-order valence-corrected chi connectivity index (χ0v) is 16.1. The molecule has 0 radical (unpaired) electrons. The molecule has 1 atom stereocenters. The Bertz CT molecular complexity index is 803. The molecule has 3 heterocycles. The molecule has 0 aromatic carbocycles. The number of nitrogens with zero attached hydrogens (tertiary/aromatic N) is 3.